The summed E-state index contributed by atoms with van der Waals surface area (Å²) in [5.41, 5.74) is 5.32. The summed E-state index contributed by atoms with van der Waals surface area (Å²) in [6.45, 7) is 4.61. The topological polar surface area (TPSA) is 97.3 Å². The van der Waals surface area contributed by atoms with Gasteiger partial charge < -0.3 is 15.5 Å². The highest BCUT2D eigenvalue weighted by atomic mass is 16.4. The first-order chi connectivity index (χ1) is 9.19. The zero-order valence-corrected chi connectivity index (χ0v) is 11.3. The summed E-state index contributed by atoms with van der Waals surface area (Å²) in [4.78, 5) is 13.2. The molecular formula is C12H21N5O2. The van der Waals surface area contributed by atoms with E-state index in [1.165, 1.54) is 0 Å². The third-order valence-electron chi connectivity index (χ3n) is 3.33. The van der Waals surface area contributed by atoms with Crippen LogP contribution >= 0.6 is 0 Å². The van der Waals surface area contributed by atoms with E-state index in [1.54, 1.807) is 0 Å². The molecule has 7 heteroatoms. The van der Waals surface area contributed by atoms with Gasteiger partial charge in [-0.2, -0.15) is 0 Å². The molecule has 7 nitrogen and oxygen atoms in total. The zero-order chi connectivity index (χ0) is 13.7. The molecule has 0 aromatic carbocycles. The number of amides is 1. The lowest BCUT2D eigenvalue weighted by molar-refractivity contribution is -0.120. The van der Waals surface area contributed by atoms with Crippen LogP contribution < -0.4 is 11.1 Å². The minimum atomic E-state index is -0.325. The molecule has 1 aromatic rings. The van der Waals surface area contributed by atoms with Gasteiger partial charge in [0.15, 0.2) is 0 Å². The fourth-order valence-electron chi connectivity index (χ4n) is 2.35. The van der Waals surface area contributed by atoms with Gasteiger partial charge in [0.05, 0.1) is 13.1 Å². The number of carbonyl (C=O) groups is 1. The van der Waals surface area contributed by atoms with Crippen LogP contribution in [0.1, 0.15) is 31.5 Å². The van der Waals surface area contributed by atoms with Gasteiger partial charge in [-0.05, 0) is 25.9 Å². The standard InChI is InChI=1S/C12H21N5O2/c1-2-11-15-16-12(19-11)8-17(7-10(13)18)9-3-5-14-6-4-9/h9,14H,2-8H2,1H3,(H2,13,18). The first-order valence-electron chi connectivity index (χ1n) is 6.73. The predicted octanol–water partition coefficient (Wildman–Crippen LogP) is -0.329. The smallest absolute Gasteiger partial charge is 0.231 e. The highest BCUT2D eigenvalue weighted by Crippen LogP contribution is 2.15. The molecule has 1 aromatic heterocycles. The van der Waals surface area contributed by atoms with E-state index >= 15 is 0 Å². The van der Waals surface area contributed by atoms with Crippen molar-refractivity contribution in [1.29, 1.82) is 0 Å². The number of rotatable bonds is 6. The highest BCUT2D eigenvalue weighted by Gasteiger charge is 2.24. The quantitative estimate of drug-likeness (QED) is 0.732. The molecule has 0 radical (unpaired) electrons. The van der Waals surface area contributed by atoms with Crippen molar-refractivity contribution >= 4 is 5.91 Å². The fraction of sp³-hybridized carbons (Fsp3) is 0.750. The molecule has 2 rings (SSSR count). The van der Waals surface area contributed by atoms with E-state index in [9.17, 15) is 4.79 Å². The number of hydrogen-bond acceptors (Lipinski definition) is 6. The minimum absolute atomic E-state index is 0.231. The lowest BCUT2D eigenvalue weighted by Crippen LogP contribution is -2.46. The van der Waals surface area contributed by atoms with Crippen molar-refractivity contribution in [2.24, 2.45) is 5.73 Å². The second-order valence-corrected chi connectivity index (χ2v) is 4.80. The molecule has 1 fully saturated rings. The number of nitrogens with one attached hydrogen (secondary N) is 1. The molecule has 1 aliphatic rings. The van der Waals surface area contributed by atoms with E-state index in [2.05, 4.69) is 15.5 Å². The molecule has 0 unspecified atom stereocenters. The van der Waals surface area contributed by atoms with E-state index in [0.29, 0.717) is 24.4 Å². The average molecular weight is 267 g/mol. The van der Waals surface area contributed by atoms with Gasteiger partial charge in [0.25, 0.3) is 0 Å². The lowest BCUT2D eigenvalue weighted by Gasteiger charge is -2.32. The van der Waals surface area contributed by atoms with Gasteiger partial charge in [-0.15, -0.1) is 10.2 Å². The molecule has 3 N–H and O–H groups in total. The van der Waals surface area contributed by atoms with Crippen molar-refractivity contribution in [3.63, 3.8) is 0 Å². The van der Waals surface area contributed by atoms with Crippen LogP contribution in [-0.2, 0) is 17.8 Å². The third kappa shape index (κ3) is 4.00. The van der Waals surface area contributed by atoms with E-state index < -0.39 is 0 Å². The van der Waals surface area contributed by atoms with Crippen LogP contribution in [0.3, 0.4) is 0 Å². The molecule has 0 bridgehead atoms. The van der Waals surface area contributed by atoms with Crippen LogP contribution in [0.25, 0.3) is 0 Å². The van der Waals surface area contributed by atoms with Gasteiger partial charge in [0.1, 0.15) is 0 Å². The van der Waals surface area contributed by atoms with E-state index in [1.807, 2.05) is 11.8 Å². The molecule has 1 aliphatic heterocycles. The largest absolute Gasteiger partial charge is 0.424 e. The number of nitrogens with zero attached hydrogens (tertiary/aromatic N) is 3. The number of carbonyl (C=O) groups excluding carboxylic acids is 1. The number of primary amides is 1. The summed E-state index contributed by atoms with van der Waals surface area (Å²) < 4.78 is 5.50. The van der Waals surface area contributed by atoms with Crippen molar-refractivity contribution in [3.05, 3.63) is 11.8 Å². The number of aryl methyl sites for hydroxylation is 1. The Labute approximate surface area is 112 Å². The third-order valence-corrected chi connectivity index (χ3v) is 3.33. The molecule has 1 saturated heterocycles. The number of piperidine rings is 1. The van der Waals surface area contributed by atoms with Gasteiger partial charge >= 0.3 is 0 Å². The van der Waals surface area contributed by atoms with E-state index in [-0.39, 0.29) is 12.5 Å². The van der Waals surface area contributed by atoms with E-state index in [4.69, 9.17) is 10.2 Å². The molecule has 0 aliphatic carbocycles. The summed E-state index contributed by atoms with van der Waals surface area (Å²) in [7, 11) is 0. The van der Waals surface area contributed by atoms with Crippen LogP contribution in [0.4, 0.5) is 0 Å². The van der Waals surface area contributed by atoms with E-state index in [0.717, 1.165) is 32.4 Å². The summed E-state index contributed by atoms with van der Waals surface area (Å²) in [6.07, 6.45) is 2.72. The first kappa shape index (κ1) is 14.0. The number of nitrogens with two attached hydrogens (primary N) is 1. The van der Waals surface area contributed by atoms with Crippen molar-refractivity contribution in [2.75, 3.05) is 19.6 Å². The Hall–Kier alpha value is -1.47. The average Bonchev–Trinajstić information content (AvgIpc) is 2.86. The van der Waals surface area contributed by atoms with Crippen molar-refractivity contribution < 1.29 is 9.21 Å². The molecule has 0 spiro atoms. The van der Waals surface area contributed by atoms with Gasteiger partial charge in [-0.25, -0.2) is 0 Å². The normalized spacial score (nSPS) is 16.9. The van der Waals surface area contributed by atoms with Gasteiger partial charge in [-0.3, -0.25) is 9.69 Å². The molecular weight excluding hydrogens is 246 g/mol. The maximum Gasteiger partial charge on any atom is 0.231 e. The predicted molar refractivity (Wildman–Crippen MR) is 69.2 cm³/mol. The number of aromatic nitrogens is 2. The monoisotopic (exact) mass is 267 g/mol. The Morgan fingerprint density at radius 2 is 2.11 bits per heavy atom. The molecule has 2 heterocycles. The van der Waals surface area contributed by atoms with Crippen molar-refractivity contribution in [2.45, 2.75) is 38.8 Å². The van der Waals surface area contributed by atoms with Gasteiger partial charge in [0, 0.05) is 12.5 Å². The molecule has 1 amide bonds. The molecule has 106 valence electrons. The summed E-state index contributed by atoms with van der Waals surface area (Å²) >= 11 is 0. The SMILES string of the molecule is CCc1nnc(CN(CC(N)=O)C2CCNCC2)o1. The molecule has 0 saturated carbocycles. The van der Waals surface area contributed by atoms with Crippen LogP contribution in [-0.4, -0.2) is 46.7 Å². The minimum Gasteiger partial charge on any atom is -0.424 e. The lowest BCUT2D eigenvalue weighted by atomic mass is 10.0. The number of hydrogen-bond donors (Lipinski definition) is 2. The first-order valence-corrected chi connectivity index (χ1v) is 6.73. The van der Waals surface area contributed by atoms with Gasteiger partial charge in [0.2, 0.25) is 17.7 Å². The molecule has 19 heavy (non-hydrogen) atoms. The maximum absolute atomic E-state index is 11.2. The highest BCUT2D eigenvalue weighted by molar-refractivity contribution is 5.75. The summed E-state index contributed by atoms with van der Waals surface area (Å²) in [6, 6.07) is 0.339. The second kappa shape index (κ2) is 6.63. The molecule has 0 atom stereocenters. The fourth-order valence-corrected chi connectivity index (χ4v) is 2.35. The van der Waals surface area contributed by atoms with Crippen molar-refractivity contribution in [3.8, 4) is 0 Å². The Bertz CT molecular complexity index is 414. The maximum atomic E-state index is 11.2. The Morgan fingerprint density at radius 3 is 2.68 bits per heavy atom. The van der Waals surface area contributed by atoms with Crippen LogP contribution in [0.5, 0.6) is 0 Å². The van der Waals surface area contributed by atoms with Crippen LogP contribution in [0, 0.1) is 0 Å². The second-order valence-electron chi connectivity index (χ2n) is 4.80. The Morgan fingerprint density at radius 1 is 1.42 bits per heavy atom. The van der Waals surface area contributed by atoms with Crippen LogP contribution in [0.15, 0.2) is 4.42 Å². The van der Waals surface area contributed by atoms with Gasteiger partial charge in [-0.1, -0.05) is 6.92 Å². The summed E-state index contributed by atoms with van der Waals surface area (Å²) in [5.74, 6) is 0.852. The van der Waals surface area contributed by atoms with Crippen LogP contribution in [0.2, 0.25) is 0 Å². The van der Waals surface area contributed by atoms with Crippen molar-refractivity contribution in [1.82, 2.24) is 20.4 Å². The Kier molecular flexibility index (Phi) is 4.86. The summed E-state index contributed by atoms with van der Waals surface area (Å²) in [5, 5.41) is 11.2. The zero-order valence-electron chi connectivity index (χ0n) is 11.3. The Balaban J connectivity index is 2.01.